The molecule has 2 saturated heterocycles. The van der Waals surface area contributed by atoms with Gasteiger partial charge in [0.15, 0.2) is 0 Å². The van der Waals surface area contributed by atoms with E-state index in [0.717, 1.165) is 22.6 Å². The molecule has 3 aromatic rings. The van der Waals surface area contributed by atoms with E-state index in [0.29, 0.717) is 36.1 Å². The van der Waals surface area contributed by atoms with Gasteiger partial charge in [0.05, 0.1) is 12.8 Å². The van der Waals surface area contributed by atoms with Gasteiger partial charge in [-0.25, -0.2) is 9.69 Å². The number of hydrogen-bond donors (Lipinski definition) is 1. The Labute approximate surface area is 236 Å². The third-order valence-corrected chi connectivity index (χ3v) is 8.49. The van der Waals surface area contributed by atoms with Crippen LogP contribution in [0.25, 0.3) is 0 Å². The van der Waals surface area contributed by atoms with Crippen LogP contribution in [-0.4, -0.2) is 54.1 Å². The summed E-state index contributed by atoms with van der Waals surface area (Å²) in [6, 6.07) is 18.2. The molecule has 0 saturated carbocycles. The van der Waals surface area contributed by atoms with Crippen LogP contribution in [0.2, 0.25) is 5.02 Å². The van der Waals surface area contributed by atoms with Crippen molar-refractivity contribution >= 4 is 35.1 Å². The van der Waals surface area contributed by atoms with Crippen LogP contribution in [0.3, 0.4) is 0 Å². The summed E-state index contributed by atoms with van der Waals surface area (Å²) in [6.45, 7) is 1.95. The maximum absolute atomic E-state index is 14.4. The molecular formula is C30H29ClN4O5. The number of fused-ring (bicyclic) bond motifs is 4. The summed E-state index contributed by atoms with van der Waals surface area (Å²) in [5.41, 5.74) is 0.457. The van der Waals surface area contributed by atoms with Gasteiger partial charge in [-0.3, -0.25) is 19.7 Å². The fourth-order valence-corrected chi connectivity index (χ4v) is 6.66. The second-order valence-electron chi connectivity index (χ2n) is 10.9. The van der Waals surface area contributed by atoms with Crippen molar-refractivity contribution in [2.75, 3.05) is 31.6 Å². The standard InChI is InChI=1S/C30H29ClN4O5/c1-40-24-10-8-19(9-11-24)14-30(27(37)32-29(39)35(28(30)38)23-5-2-4-22(31)13-23)18-33-15-20-12-21(17-33)25-6-3-7-26(36)34(25)16-20/h2-11,13,20-21H,12,14-18H2,1H3,(H,32,37,39)/t20-,21-,30+/m0/s1. The minimum atomic E-state index is -1.58. The number of anilines is 1. The van der Waals surface area contributed by atoms with Crippen molar-refractivity contribution < 1.29 is 19.1 Å². The first-order valence-electron chi connectivity index (χ1n) is 13.3. The lowest BCUT2D eigenvalue weighted by Gasteiger charge is -2.47. The maximum Gasteiger partial charge on any atom is 0.335 e. The molecule has 206 valence electrons. The van der Waals surface area contributed by atoms with Crippen molar-refractivity contribution in [3.8, 4) is 5.75 Å². The van der Waals surface area contributed by atoms with Gasteiger partial charge in [-0.1, -0.05) is 35.9 Å². The summed E-state index contributed by atoms with van der Waals surface area (Å²) in [5, 5.41) is 2.83. The Kier molecular flexibility index (Phi) is 6.72. The Morgan fingerprint density at radius 3 is 2.50 bits per heavy atom. The van der Waals surface area contributed by atoms with Gasteiger partial charge in [0.1, 0.15) is 11.2 Å². The molecule has 4 heterocycles. The summed E-state index contributed by atoms with van der Waals surface area (Å²) in [4.78, 5) is 56.9. The Hall–Kier alpha value is -3.95. The molecular weight excluding hydrogens is 532 g/mol. The predicted molar refractivity (Wildman–Crippen MR) is 150 cm³/mol. The SMILES string of the molecule is COc1ccc(C[C@@]2(CN3C[C@@H]4C[C@@H](C3)c3cccc(=O)n3C4)C(=O)NC(=O)N(c3cccc(Cl)c3)C2=O)cc1. The molecule has 6 rings (SSSR count). The molecule has 4 amide bonds. The fourth-order valence-electron chi connectivity index (χ4n) is 6.48. The number of piperidine rings is 1. The van der Waals surface area contributed by atoms with Crippen LogP contribution in [0.5, 0.6) is 5.75 Å². The molecule has 3 aliphatic rings. The summed E-state index contributed by atoms with van der Waals surface area (Å²) in [6.07, 6.45) is 1.03. The van der Waals surface area contributed by atoms with E-state index < -0.39 is 23.3 Å². The zero-order valence-corrected chi connectivity index (χ0v) is 22.8. The minimum absolute atomic E-state index is 0.00543. The number of ether oxygens (including phenoxy) is 1. The zero-order chi connectivity index (χ0) is 28.0. The van der Waals surface area contributed by atoms with Gasteiger partial charge in [0, 0.05) is 48.9 Å². The Morgan fingerprint density at radius 1 is 0.975 bits per heavy atom. The smallest absolute Gasteiger partial charge is 0.335 e. The number of carbonyl (C=O) groups excluding carboxylic acids is 3. The highest BCUT2D eigenvalue weighted by atomic mass is 35.5. The quantitative estimate of drug-likeness (QED) is 0.464. The number of likely N-dealkylation sites (tertiary alicyclic amines) is 1. The number of carbonyl (C=O) groups is 3. The van der Waals surface area contributed by atoms with Gasteiger partial charge in [-0.2, -0.15) is 0 Å². The third kappa shape index (κ3) is 4.59. The number of hydrogen-bond acceptors (Lipinski definition) is 6. The number of aromatic nitrogens is 1. The summed E-state index contributed by atoms with van der Waals surface area (Å²) < 4.78 is 7.13. The first kappa shape index (κ1) is 26.3. The number of nitrogens with zero attached hydrogens (tertiary/aromatic N) is 3. The van der Waals surface area contributed by atoms with Crippen molar-refractivity contribution in [1.29, 1.82) is 0 Å². The number of urea groups is 1. The normalized spacial score (nSPS) is 24.4. The monoisotopic (exact) mass is 560 g/mol. The number of benzene rings is 2. The Morgan fingerprint density at radius 2 is 1.75 bits per heavy atom. The third-order valence-electron chi connectivity index (χ3n) is 8.25. The highest BCUT2D eigenvalue weighted by Gasteiger charge is 2.55. The molecule has 2 aromatic carbocycles. The highest BCUT2D eigenvalue weighted by Crippen LogP contribution is 2.39. The largest absolute Gasteiger partial charge is 0.497 e. The van der Waals surface area contributed by atoms with Crippen LogP contribution in [0.4, 0.5) is 10.5 Å². The fraction of sp³-hybridized carbons (Fsp3) is 0.333. The summed E-state index contributed by atoms with van der Waals surface area (Å²) in [7, 11) is 1.57. The Bertz CT molecular complexity index is 1550. The molecule has 1 aromatic heterocycles. The lowest BCUT2D eigenvalue weighted by Crippen LogP contribution is -2.68. The summed E-state index contributed by atoms with van der Waals surface area (Å²) >= 11 is 6.20. The van der Waals surface area contributed by atoms with Crippen molar-refractivity contribution in [3.05, 3.63) is 93.4 Å². The number of barbiturate groups is 1. The van der Waals surface area contributed by atoms with Crippen LogP contribution in [0, 0.1) is 11.3 Å². The van der Waals surface area contributed by atoms with Crippen molar-refractivity contribution in [2.45, 2.75) is 25.3 Å². The summed E-state index contributed by atoms with van der Waals surface area (Å²) in [5.74, 6) is -0.245. The number of halogens is 1. The van der Waals surface area contributed by atoms with E-state index in [2.05, 4.69) is 10.2 Å². The zero-order valence-electron chi connectivity index (χ0n) is 22.0. The van der Waals surface area contributed by atoms with E-state index in [9.17, 15) is 19.2 Å². The van der Waals surface area contributed by atoms with Gasteiger partial charge in [-0.05, 0) is 60.7 Å². The van der Waals surface area contributed by atoms with Crippen molar-refractivity contribution in [3.63, 3.8) is 0 Å². The van der Waals surface area contributed by atoms with Gasteiger partial charge >= 0.3 is 6.03 Å². The van der Waals surface area contributed by atoms with Gasteiger partial charge in [0.25, 0.3) is 11.5 Å². The van der Waals surface area contributed by atoms with Gasteiger partial charge in [0.2, 0.25) is 5.91 Å². The van der Waals surface area contributed by atoms with Gasteiger partial charge in [-0.15, -0.1) is 0 Å². The molecule has 3 atom stereocenters. The maximum atomic E-state index is 14.4. The molecule has 1 N–H and O–H groups in total. The van der Waals surface area contributed by atoms with E-state index >= 15 is 0 Å². The lowest BCUT2D eigenvalue weighted by molar-refractivity contribution is -0.144. The van der Waals surface area contributed by atoms with E-state index in [4.69, 9.17) is 16.3 Å². The van der Waals surface area contributed by atoms with Crippen LogP contribution in [0.15, 0.2) is 71.5 Å². The molecule has 3 aliphatic heterocycles. The molecule has 10 heteroatoms. The number of imide groups is 2. The van der Waals surface area contributed by atoms with E-state index in [1.165, 1.54) is 6.07 Å². The van der Waals surface area contributed by atoms with E-state index in [1.54, 1.807) is 49.6 Å². The second-order valence-corrected chi connectivity index (χ2v) is 11.3. The highest BCUT2D eigenvalue weighted by molar-refractivity contribution is 6.32. The molecule has 0 aliphatic carbocycles. The number of nitrogens with one attached hydrogen (secondary N) is 1. The van der Waals surface area contributed by atoms with Crippen LogP contribution in [-0.2, 0) is 22.6 Å². The van der Waals surface area contributed by atoms with Crippen LogP contribution < -0.4 is 20.5 Å². The Balaban J connectivity index is 1.38. The lowest BCUT2D eigenvalue weighted by atomic mass is 9.75. The average Bonchev–Trinajstić information content (AvgIpc) is 2.93. The molecule has 40 heavy (non-hydrogen) atoms. The minimum Gasteiger partial charge on any atom is -0.497 e. The number of pyridine rings is 1. The first-order valence-corrected chi connectivity index (χ1v) is 13.7. The number of rotatable bonds is 6. The average molecular weight is 561 g/mol. The second kappa shape index (κ2) is 10.2. The number of amides is 4. The first-order chi connectivity index (χ1) is 19.3. The molecule has 0 radical (unpaired) electrons. The molecule has 2 bridgehead atoms. The topological polar surface area (TPSA) is 101 Å². The molecule has 2 fully saturated rings. The van der Waals surface area contributed by atoms with E-state index in [1.807, 2.05) is 22.8 Å². The predicted octanol–water partition coefficient (Wildman–Crippen LogP) is 3.44. The van der Waals surface area contributed by atoms with Crippen molar-refractivity contribution in [1.82, 2.24) is 14.8 Å². The molecule has 0 unspecified atom stereocenters. The van der Waals surface area contributed by atoms with Crippen LogP contribution in [0.1, 0.15) is 23.6 Å². The molecule has 9 nitrogen and oxygen atoms in total. The van der Waals surface area contributed by atoms with Crippen LogP contribution >= 0.6 is 11.6 Å². The molecule has 0 spiro atoms. The van der Waals surface area contributed by atoms with E-state index in [-0.39, 0.29) is 30.4 Å². The van der Waals surface area contributed by atoms with Gasteiger partial charge < -0.3 is 14.2 Å². The number of methoxy groups -OCH3 is 1. The van der Waals surface area contributed by atoms with Crippen molar-refractivity contribution in [2.24, 2.45) is 11.3 Å².